The molecule has 0 bridgehead atoms. The number of nitrogens with one attached hydrogen (secondary N) is 1. The number of carbonyl (C=O) groups excluding carboxylic acids is 1. The molecule has 1 amide bonds. The number of hydrogen-bond acceptors (Lipinski definition) is 2. The van der Waals surface area contributed by atoms with Crippen LogP contribution in [0.4, 0.5) is 10.1 Å². The third-order valence-corrected chi connectivity index (χ3v) is 3.71. The Labute approximate surface area is 138 Å². The number of benzene rings is 2. The van der Waals surface area contributed by atoms with Crippen LogP contribution in [-0.2, 0) is 4.79 Å². The molecule has 2 rings (SSSR count). The molecule has 1 atom stereocenters. The van der Waals surface area contributed by atoms with Crippen LogP contribution in [0.15, 0.2) is 36.4 Å². The van der Waals surface area contributed by atoms with Crippen molar-refractivity contribution in [1.29, 1.82) is 0 Å². The van der Waals surface area contributed by atoms with Crippen LogP contribution in [0.25, 0.3) is 0 Å². The molecule has 22 heavy (non-hydrogen) atoms. The van der Waals surface area contributed by atoms with Crippen molar-refractivity contribution < 1.29 is 13.9 Å². The molecule has 0 fully saturated rings. The molecule has 0 heterocycles. The average molecular weight is 342 g/mol. The molecule has 116 valence electrons. The van der Waals surface area contributed by atoms with Gasteiger partial charge in [0.15, 0.2) is 6.10 Å². The average Bonchev–Trinajstić information content (AvgIpc) is 2.46. The van der Waals surface area contributed by atoms with Gasteiger partial charge in [-0.2, -0.15) is 0 Å². The molecule has 6 heteroatoms. The Kier molecular flexibility index (Phi) is 5.27. The van der Waals surface area contributed by atoms with E-state index in [1.54, 1.807) is 25.1 Å². The van der Waals surface area contributed by atoms with Crippen LogP contribution in [0.1, 0.15) is 12.5 Å². The number of anilines is 1. The van der Waals surface area contributed by atoms with E-state index in [4.69, 9.17) is 27.9 Å². The first-order chi connectivity index (χ1) is 10.4. The second-order valence-corrected chi connectivity index (χ2v) is 5.60. The third-order valence-electron chi connectivity index (χ3n) is 3.00. The van der Waals surface area contributed by atoms with Gasteiger partial charge in [-0.3, -0.25) is 4.79 Å². The summed E-state index contributed by atoms with van der Waals surface area (Å²) in [5.74, 6) is -0.363. The zero-order chi connectivity index (χ0) is 16.3. The molecule has 0 radical (unpaired) electrons. The van der Waals surface area contributed by atoms with E-state index in [2.05, 4.69) is 5.32 Å². The summed E-state index contributed by atoms with van der Waals surface area (Å²) in [5, 5.41) is 3.19. The number of hydrogen-bond donors (Lipinski definition) is 1. The van der Waals surface area contributed by atoms with Crippen molar-refractivity contribution in [3.63, 3.8) is 0 Å². The summed E-state index contributed by atoms with van der Waals surface area (Å²) in [6.07, 6.45) is -0.732. The Morgan fingerprint density at radius 3 is 2.55 bits per heavy atom. The third kappa shape index (κ3) is 4.12. The summed E-state index contributed by atoms with van der Waals surface area (Å²) in [7, 11) is 0. The van der Waals surface area contributed by atoms with Crippen molar-refractivity contribution in [2.45, 2.75) is 20.0 Å². The molecular weight excluding hydrogens is 328 g/mol. The molecule has 0 aliphatic carbocycles. The van der Waals surface area contributed by atoms with Crippen LogP contribution < -0.4 is 10.1 Å². The van der Waals surface area contributed by atoms with E-state index in [1.807, 2.05) is 6.92 Å². The molecule has 0 spiro atoms. The minimum atomic E-state index is -0.732. The van der Waals surface area contributed by atoms with Crippen molar-refractivity contribution in [2.24, 2.45) is 0 Å². The summed E-state index contributed by atoms with van der Waals surface area (Å²) < 4.78 is 18.6. The van der Waals surface area contributed by atoms with Gasteiger partial charge < -0.3 is 10.1 Å². The predicted molar refractivity (Wildman–Crippen MR) is 86.3 cm³/mol. The SMILES string of the molecule is Cc1cc(O[C@H](C)C(=O)Nc2ccc(F)c(Cl)c2)ccc1Cl. The Hall–Kier alpha value is -1.78. The Morgan fingerprint density at radius 1 is 1.18 bits per heavy atom. The second kappa shape index (κ2) is 6.99. The largest absolute Gasteiger partial charge is 0.481 e. The van der Waals surface area contributed by atoms with E-state index >= 15 is 0 Å². The Balaban J connectivity index is 2.02. The van der Waals surface area contributed by atoms with Crippen LogP contribution in [0.5, 0.6) is 5.75 Å². The molecule has 0 aromatic heterocycles. The van der Waals surface area contributed by atoms with E-state index in [9.17, 15) is 9.18 Å². The number of amides is 1. The maximum Gasteiger partial charge on any atom is 0.265 e. The van der Waals surface area contributed by atoms with E-state index in [1.165, 1.54) is 18.2 Å². The van der Waals surface area contributed by atoms with Gasteiger partial charge in [-0.25, -0.2) is 4.39 Å². The summed E-state index contributed by atoms with van der Waals surface area (Å²) in [5.41, 5.74) is 1.26. The van der Waals surface area contributed by atoms with Gasteiger partial charge >= 0.3 is 0 Å². The van der Waals surface area contributed by atoms with Crippen LogP contribution in [0.2, 0.25) is 10.0 Å². The number of halogens is 3. The van der Waals surface area contributed by atoms with Gasteiger partial charge in [0, 0.05) is 10.7 Å². The van der Waals surface area contributed by atoms with Gasteiger partial charge in [0.05, 0.1) is 5.02 Å². The van der Waals surface area contributed by atoms with Crippen LogP contribution in [0.3, 0.4) is 0 Å². The highest BCUT2D eigenvalue weighted by Gasteiger charge is 2.15. The monoisotopic (exact) mass is 341 g/mol. The lowest BCUT2D eigenvalue weighted by Gasteiger charge is -2.15. The topological polar surface area (TPSA) is 38.3 Å². The molecule has 3 nitrogen and oxygen atoms in total. The zero-order valence-electron chi connectivity index (χ0n) is 12.0. The standard InChI is InChI=1S/C16H14Cl2FNO2/c1-9-7-12(4-5-13(9)17)22-10(2)16(21)20-11-3-6-15(19)14(18)8-11/h3-8,10H,1-2H3,(H,20,21)/t10-/m1/s1. The van der Waals surface area contributed by atoms with Gasteiger partial charge in [-0.15, -0.1) is 0 Å². The second-order valence-electron chi connectivity index (χ2n) is 4.79. The maximum atomic E-state index is 13.1. The van der Waals surface area contributed by atoms with Gasteiger partial charge in [-0.1, -0.05) is 23.2 Å². The molecule has 0 saturated heterocycles. The Bertz CT molecular complexity index is 707. The normalized spacial score (nSPS) is 11.9. The first-order valence-corrected chi connectivity index (χ1v) is 7.31. The summed E-state index contributed by atoms with van der Waals surface area (Å²) in [4.78, 5) is 12.1. The molecule has 0 unspecified atom stereocenters. The highest BCUT2D eigenvalue weighted by atomic mass is 35.5. The number of aryl methyl sites for hydroxylation is 1. The molecular formula is C16H14Cl2FNO2. The highest BCUT2D eigenvalue weighted by Crippen LogP contribution is 2.23. The number of rotatable bonds is 4. The lowest BCUT2D eigenvalue weighted by molar-refractivity contribution is -0.122. The summed E-state index contributed by atoms with van der Waals surface area (Å²) in [6.45, 7) is 3.46. The van der Waals surface area contributed by atoms with Gasteiger partial charge in [0.25, 0.3) is 5.91 Å². The van der Waals surface area contributed by atoms with Crippen LogP contribution in [0, 0.1) is 12.7 Å². The van der Waals surface area contributed by atoms with Crippen LogP contribution in [-0.4, -0.2) is 12.0 Å². The molecule has 1 N–H and O–H groups in total. The minimum Gasteiger partial charge on any atom is -0.481 e. The Morgan fingerprint density at radius 2 is 1.91 bits per heavy atom. The van der Waals surface area contributed by atoms with Crippen molar-refractivity contribution >= 4 is 34.8 Å². The first-order valence-electron chi connectivity index (χ1n) is 6.55. The van der Waals surface area contributed by atoms with E-state index in [-0.39, 0.29) is 10.9 Å². The fraction of sp³-hybridized carbons (Fsp3) is 0.188. The van der Waals surface area contributed by atoms with E-state index in [0.29, 0.717) is 16.5 Å². The molecule has 0 aliphatic rings. The van der Waals surface area contributed by atoms with Gasteiger partial charge in [-0.05, 0) is 55.8 Å². The molecule has 0 saturated carbocycles. The van der Waals surface area contributed by atoms with Crippen LogP contribution >= 0.6 is 23.2 Å². The maximum absolute atomic E-state index is 13.1. The van der Waals surface area contributed by atoms with E-state index in [0.717, 1.165) is 5.56 Å². The number of carbonyl (C=O) groups is 1. The fourth-order valence-corrected chi connectivity index (χ4v) is 2.06. The predicted octanol–water partition coefficient (Wildman–Crippen LogP) is 4.85. The number of ether oxygens (including phenoxy) is 1. The van der Waals surface area contributed by atoms with E-state index < -0.39 is 11.9 Å². The molecule has 2 aromatic rings. The minimum absolute atomic E-state index is 0.0558. The first kappa shape index (κ1) is 16.6. The summed E-state index contributed by atoms with van der Waals surface area (Å²) in [6, 6.07) is 9.10. The van der Waals surface area contributed by atoms with Crippen molar-refractivity contribution in [3.8, 4) is 5.75 Å². The fourth-order valence-electron chi connectivity index (χ4n) is 1.77. The van der Waals surface area contributed by atoms with Gasteiger partial charge in [0.2, 0.25) is 0 Å². The molecule has 2 aromatic carbocycles. The lowest BCUT2D eigenvalue weighted by Crippen LogP contribution is -2.30. The summed E-state index contributed by atoms with van der Waals surface area (Å²) >= 11 is 11.6. The van der Waals surface area contributed by atoms with Crippen molar-refractivity contribution in [2.75, 3.05) is 5.32 Å². The van der Waals surface area contributed by atoms with Crippen molar-refractivity contribution in [3.05, 3.63) is 57.8 Å². The lowest BCUT2D eigenvalue weighted by atomic mass is 10.2. The van der Waals surface area contributed by atoms with Gasteiger partial charge in [0.1, 0.15) is 11.6 Å². The smallest absolute Gasteiger partial charge is 0.265 e. The quantitative estimate of drug-likeness (QED) is 0.863. The highest BCUT2D eigenvalue weighted by molar-refractivity contribution is 6.31. The zero-order valence-corrected chi connectivity index (χ0v) is 13.5. The van der Waals surface area contributed by atoms with Crippen molar-refractivity contribution in [1.82, 2.24) is 0 Å². The molecule has 0 aliphatic heterocycles.